The minimum atomic E-state index is -4.92. The molecule has 2 aromatic heterocycles. The molecule has 0 spiro atoms. The Morgan fingerprint density at radius 2 is 0.786 bits per heavy atom. The molecule has 28 heteroatoms. The Bertz CT molecular complexity index is 2850. The van der Waals surface area contributed by atoms with Crippen LogP contribution in [0, 0.1) is 0 Å². The number of nitrogens with two attached hydrogens (primary N) is 2. The van der Waals surface area contributed by atoms with Gasteiger partial charge in [0.15, 0.2) is 0 Å². The molecule has 0 bridgehead atoms. The Morgan fingerprint density at radius 1 is 0.471 bits per heavy atom. The summed E-state index contributed by atoms with van der Waals surface area (Å²) in [5.41, 5.74) is 13.1. The highest BCUT2D eigenvalue weighted by atomic mass is 32.2. The molecule has 2 heterocycles. The van der Waals surface area contributed by atoms with Crippen LogP contribution in [0.2, 0.25) is 0 Å². The van der Waals surface area contributed by atoms with Crippen molar-refractivity contribution >= 4 is 103 Å². The Hall–Kier alpha value is -7.96. The zero-order chi connectivity index (χ0) is 50.3. The first-order chi connectivity index (χ1) is 33.5. The molecule has 0 aliphatic carbocycles. The molecule has 6 rings (SSSR count). The molecule has 16 N–H and O–H groups in total. The second-order valence-electron chi connectivity index (χ2n) is 14.4. The van der Waals surface area contributed by atoms with Gasteiger partial charge in [-0.05, 0) is 83.9 Å². The van der Waals surface area contributed by atoms with E-state index >= 15 is 0 Å². The van der Waals surface area contributed by atoms with Crippen LogP contribution in [-0.2, 0) is 20.2 Å². The van der Waals surface area contributed by atoms with Crippen molar-refractivity contribution in [1.82, 2.24) is 40.5 Å². The number of nitrogens with one attached hydrogen (secondary N) is 8. The lowest BCUT2D eigenvalue weighted by molar-refractivity contribution is 0.0937. The minimum Gasteiger partial charge on any atom is -0.395 e. The van der Waals surface area contributed by atoms with Crippen molar-refractivity contribution < 1.29 is 45.7 Å². The average molecular weight is 1000 g/mol. The SMILES string of the molecule is NCCNc1nc(Nc2ccc(C(=O)NCCO)cc2)nc(Nc2ccc(C=Cc3ccc(Nc4nc(NCCN)nc(Nc5ccc(C(=O)NCCO)cc5)n4)cc3S(=O)(=O)O)c(S(=O)(=O)O)c2)n1. The van der Waals surface area contributed by atoms with Gasteiger partial charge < -0.3 is 64.2 Å². The highest BCUT2D eigenvalue weighted by Crippen LogP contribution is 2.29. The number of anilines is 10. The van der Waals surface area contributed by atoms with Gasteiger partial charge in [0.25, 0.3) is 32.1 Å². The number of hydrogen-bond donors (Lipinski definition) is 14. The van der Waals surface area contributed by atoms with Crippen LogP contribution in [0.15, 0.2) is 94.7 Å². The van der Waals surface area contributed by atoms with Crippen molar-refractivity contribution in [3.8, 4) is 0 Å². The highest BCUT2D eigenvalue weighted by molar-refractivity contribution is 7.86. The smallest absolute Gasteiger partial charge is 0.295 e. The quantitative estimate of drug-likeness (QED) is 0.0304. The van der Waals surface area contributed by atoms with Crippen molar-refractivity contribution in [3.05, 3.63) is 107 Å². The third kappa shape index (κ3) is 14.8. The number of benzene rings is 4. The molecule has 0 aliphatic heterocycles. The lowest BCUT2D eigenvalue weighted by atomic mass is 10.1. The van der Waals surface area contributed by atoms with E-state index in [0.29, 0.717) is 22.5 Å². The first-order valence-corrected chi connectivity index (χ1v) is 23.8. The van der Waals surface area contributed by atoms with Gasteiger partial charge in [0, 0.05) is 73.1 Å². The van der Waals surface area contributed by atoms with E-state index in [0.717, 1.165) is 12.1 Å². The van der Waals surface area contributed by atoms with Gasteiger partial charge in [-0.1, -0.05) is 24.3 Å². The largest absolute Gasteiger partial charge is 0.395 e. The zero-order valence-electron chi connectivity index (χ0n) is 36.8. The van der Waals surface area contributed by atoms with Crippen molar-refractivity contribution in [2.75, 3.05) is 84.4 Å². The van der Waals surface area contributed by atoms with Gasteiger partial charge in [-0.15, -0.1) is 0 Å². The van der Waals surface area contributed by atoms with E-state index in [4.69, 9.17) is 21.7 Å². The maximum absolute atomic E-state index is 12.7. The summed E-state index contributed by atoms with van der Waals surface area (Å²) in [5.74, 6) is -0.600. The monoisotopic (exact) mass is 1000 g/mol. The summed E-state index contributed by atoms with van der Waals surface area (Å²) >= 11 is 0. The molecular formula is C42H48N16O10S2. The summed E-state index contributed by atoms with van der Waals surface area (Å²) in [6.45, 7) is 0.811. The normalized spacial score (nSPS) is 11.5. The molecule has 368 valence electrons. The maximum Gasteiger partial charge on any atom is 0.295 e. The van der Waals surface area contributed by atoms with Crippen LogP contribution in [0.4, 0.5) is 58.4 Å². The van der Waals surface area contributed by atoms with E-state index < -0.39 is 30.0 Å². The Morgan fingerprint density at radius 3 is 1.10 bits per heavy atom. The topological polar surface area (TPSA) is 409 Å². The summed E-state index contributed by atoms with van der Waals surface area (Å²) in [5, 5.41) is 40.8. The number of rotatable bonds is 24. The lowest BCUT2D eigenvalue weighted by Crippen LogP contribution is -2.26. The van der Waals surface area contributed by atoms with E-state index in [1.54, 1.807) is 48.5 Å². The molecule has 6 aromatic rings. The number of carbonyl (C=O) groups is 2. The second kappa shape index (κ2) is 23.9. The average Bonchev–Trinajstić information content (AvgIpc) is 3.33. The van der Waals surface area contributed by atoms with Crippen molar-refractivity contribution in [2.45, 2.75) is 9.79 Å². The van der Waals surface area contributed by atoms with Gasteiger partial charge >= 0.3 is 0 Å². The predicted molar refractivity (Wildman–Crippen MR) is 261 cm³/mol. The number of aromatic nitrogens is 6. The molecule has 70 heavy (non-hydrogen) atoms. The predicted octanol–water partition coefficient (Wildman–Crippen LogP) is 1.88. The van der Waals surface area contributed by atoms with E-state index in [2.05, 4.69) is 72.4 Å². The van der Waals surface area contributed by atoms with Crippen LogP contribution in [0.3, 0.4) is 0 Å². The van der Waals surface area contributed by atoms with Gasteiger partial charge in [-0.2, -0.15) is 46.7 Å². The fraction of sp³-hybridized carbons (Fsp3) is 0.190. The van der Waals surface area contributed by atoms with E-state index in [1.165, 1.54) is 36.4 Å². The number of nitrogens with zero attached hydrogens (tertiary/aromatic N) is 6. The number of hydrogen-bond acceptors (Lipinski definition) is 22. The third-order valence-electron chi connectivity index (χ3n) is 9.26. The first kappa shape index (κ1) is 51.4. The van der Waals surface area contributed by atoms with Gasteiger partial charge in [-0.3, -0.25) is 18.7 Å². The van der Waals surface area contributed by atoms with Gasteiger partial charge in [0.2, 0.25) is 35.7 Å². The molecule has 2 amide bonds. The molecule has 0 unspecified atom stereocenters. The molecular weight excluding hydrogens is 953 g/mol. The molecule has 0 fully saturated rings. The summed E-state index contributed by atoms with van der Waals surface area (Å²) in [4.78, 5) is 49.4. The van der Waals surface area contributed by atoms with Crippen LogP contribution < -0.4 is 54.0 Å². The first-order valence-electron chi connectivity index (χ1n) is 20.9. The fourth-order valence-corrected chi connectivity index (χ4v) is 7.52. The molecule has 0 aliphatic rings. The van der Waals surface area contributed by atoms with Crippen molar-refractivity contribution in [3.63, 3.8) is 0 Å². The molecule has 0 atom stereocenters. The van der Waals surface area contributed by atoms with Gasteiger partial charge in [-0.25, -0.2) is 0 Å². The van der Waals surface area contributed by atoms with Crippen LogP contribution in [-0.4, -0.2) is 130 Å². The lowest BCUT2D eigenvalue weighted by Gasteiger charge is -2.13. The highest BCUT2D eigenvalue weighted by Gasteiger charge is 2.20. The summed E-state index contributed by atoms with van der Waals surface area (Å²) in [6, 6.07) is 20.3. The van der Waals surface area contributed by atoms with E-state index in [9.17, 15) is 35.5 Å². The Kier molecular flexibility index (Phi) is 17.5. The van der Waals surface area contributed by atoms with E-state index in [1.807, 2.05) is 0 Å². The Balaban J connectivity index is 1.23. The van der Waals surface area contributed by atoms with Crippen LogP contribution in [0.25, 0.3) is 12.2 Å². The fourth-order valence-electron chi connectivity index (χ4n) is 6.10. The van der Waals surface area contributed by atoms with Crippen LogP contribution in [0.1, 0.15) is 31.8 Å². The van der Waals surface area contributed by atoms with Gasteiger partial charge in [0.05, 0.1) is 13.2 Å². The maximum atomic E-state index is 12.7. The standard InChI is InChI=1S/C42H48N16O10S2/c43-15-17-47-37-53-39(49-29-9-5-27(6-10-29)35(61)45-19-21-59)57-41(55-37)51-31-13-3-25(33(23-31)69(63,64)65)1-2-26-4-14-32(24-34(26)70(66,67)68)52-42-56-38(48-18-16-44)54-40(58-42)50-30-11-7-28(8-12-30)36(62)46-20-22-60/h1-14,23-24,59-60H,15-22,43-44H2,(H,45,61)(H,46,62)(H,63,64,65)(H,66,67,68)(H3,47,49,51,53,55,57)(H3,48,50,52,54,56,58). The van der Waals surface area contributed by atoms with Crippen molar-refractivity contribution in [1.29, 1.82) is 0 Å². The number of carbonyl (C=O) groups excluding carboxylic acids is 2. The van der Waals surface area contributed by atoms with Gasteiger partial charge in [0.1, 0.15) is 9.79 Å². The summed E-state index contributed by atoms with van der Waals surface area (Å²) in [6.07, 6.45) is 2.44. The minimum absolute atomic E-state index is 0.0434. The van der Waals surface area contributed by atoms with Crippen molar-refractivity contribution in [2.24, 2.45) is 11.5 Å². The van der Waals surface area contributed by atoms with Crippen LogP contribution >= 0.6 is 0 Å². The molecule has 26 nitrogen and oxygen atoms in total. The zero-order valence-corrected chi connectivity index (χ0v) is 38.4. The summed E-state index contributed by atoms with van der Waals surface area (Å²) in [7, 11) is -9.84. The Labute approximate surface area is 400 Å². The number of aliphatic hydroxyl groups excluding tert-OH is 2. The molecule has 0 radical (unpaired) electrons. The second-order valence-corrected chi connectivity index (χ2v) is 17.2. The van der Waals surface area contributed by atoms with Crippen LogP contribution in [0.5, 0.6) is 0 Å². The molecule has 0 saturated heterocycles. The number of aliphatic hydroxyl groups is 2. The third-order valence-corrected chi connectivity index (χ3v) is 11.1. The molecule has 0 saturated carbocycles. The number of amides is 2. The summed E-state index contributed by atoms with van der Waals surface area (Å²) < 4.78 is 71.5. The molecule has 4 aromatic carbocycles. The van der Waals surface area contributed by atoms with E-state index in [-0.39, 0.29) is 122 Å².